The van der Waals surface area contributed by atoms with E-state index in [1.165, 1.54) is 0 Å². The molecule has 4 nitrogen and oxygen atoms in total. The molecule has 0 aromatic rings. The van der Waals surface area contributed by atoms with Crippen LogP contribution in [0.5, 0.6) is 0 Å². The maximum Gasteiger partial charge on any atom is 0.320 e. The van der Waals surface area contributed by atoms with Crippen molar-refractivity contribution in [2.45, 2.75) is 25.8 Å². The van der Waals surface area contributed by atoms with E-state index < -0.39 is 0 Å². The predicted molar refractivity (Wildman–Crippen MR) is 62.2 cm³/mol. The monoisotopic (exact) mass is 227 g/mol. The van der Waals surface area contributed by atoms with Crippen molar-refractivity contribution in [1.82, 2.24) is 4.90 Å². The highest BCUT2D eigenvalue weighted by molar-refractivity contribution is 5.71. The van der Waals surface area contributed by atoms with E-state index in [2.05, 4.69) is 11.5 Å². The zero-order valence-corrected chi connectivity index (χ0v) is 9.98. The van der Waals surface area contributed by atoms with Crippen molar-refractivity contribution in [3.05, 3.63) is 12.7 Å². The van der Waals surface area contributed by atoms with E-state index in [-0.39, 0.29) is 5.97 Å². The molecule has 92 valence electrons. The molecule has 1 atom stereocenters. The van der Waals surface area contributed by atoms with E-state index >= 15 is 0 Å². The van der Waals surface area contributed by atoms with Gasteiger partial charge in [-0.3, -0.25) is 9.69 Å². The standard InChI is InChI=1S/C12H21NO3/c1-3-7-13(9-12(14)16-4-2)11-6-5-8-15-10-11/h3,11H,1,4-10H2,2H3. The zero-order valence-electron chi connectivity index (χ0n) is 9.98. The lowest BCUT2D eigenvalue weighted by atomic mass is 10.1. The van der Waals surface area contributed by atoms with Crippen LogP contribution in [0, 0.1) is 0 Å². The topological polar surface area (TPSA) is 38.8 Å². The van der Waals surface area contributed by atoms with Crippen LogP contribution >= 0.6 is 0 Å². The third-order valence-electron chi connectivity index (χ3n) is 2.65. The summed E-state index contributed by atoms with van der Waals surface area (Å²) in [4.78, 5) is 13.5. The van der Waals surface area contributed by atoms with Crippen LogP contribution in [0.2, 0.25) is 0 Å². The minimum atomic E-state index is -0.171. The van der Waals surface area contributed by atoms with Gasteiger partial charge in [0.25, 0.3) is 0 Å². The third-order valence-corrected chi connectivity index (χ3v) is 2.65. The number of esters is 1. The maximum absolute atomic E-state index is 11.4. The summed E-state index contributed by atoms with van der Waals surface area (Å²) < 4.78 is 10.4. The van der Waals surface area contributed by atoms with E-state index in [0.717, 1.165) is 19.4 Å². The predicted octanol–water partition coefficient (Wildman–Crippen LogP) is 1.22. The number of carbonyl (C=O) groups excluding carboxylic acids is 1. The smallest absolute Gasteiger partial charge is 0.320 e. The lowest BCUT2D eigenvalue weighted by Crippen LogP contribution is -2.44. The Kier molecular flexibility index (Phi) is 6.11. The van der Waals surface area contributed by atoms with E-state index in [4.69, 9.17) is 9.47 Å². The van der Waals surface area contributed by atoms with Gasteiger partial charge < -0.3 is 9.47 Å². The maximum atomic E-state index is 11.4. The van der Waals surface area contributed by atoms with Gasteiger partial charge in [-0.2, -0.15) is 0 Å². The molecule has 0 radical (unpaired) electrons. The van der Waals surface area contributed by atoms with Crippen molar-refractivity contribution < 1.29 is 14.3 Å². The van der Waals surface area contributed by atoms with E-state index in [1.807, 2.05) is 13.0 Å². The molecule has 0 aromatic carbocycles. The van der Waals surface area contributed by atoms with Gasteiger partial charge in [0, 0.05) is 19.2 Å². The summed E-state index contributed by atoms with van der Waals surface area (Å²) in [5, 5.41) is 0. The summed E-state index contributed by atoms with van der Waals surface area (Å²) >= 11 is 0. The van der Waals surface area contributed by atoms with Gasteiger partial charge >= 0.3 is 5.97 Å². The second-order valence-electron chi connectivity index (χ2n) is 3.89. The Morgan fingerprint density at radius 2 is 2.50 bits per heavy atom. The number of hydrogen-bond donors (Lipinski definition) is 0. The second-order valence-corrected chi connectivity index (χ2v) is 3.89. The SMILES string of the molecule is C=CCN(CC(=O)OCC)C1CCCOC1. The molecule has 1 aliphatic rings. The molecule has 1 unspecified atom stereocenters. The van der Waals surface area contributed by atoms with Gasteiger partial charge in [0.2, 0.25) is 0 Å². The fourth-order valence-electron chi connectivity index (χ4n) is 1.89. The molecule has 1 fully saturated rings. The molecule has 0 spiro atoms. The molecule has 16 heavy (non-hydrogen) atoms. The molecule has 0 aromatic heterocycles. The largest absolute Gasteiger partial charge is 0.465 e. The molecule has 1 saturated heterocycles. The highest BCUT2D eigenvalue weighted by Crippen LogP contribution is 2.13. The van der Waals surface area contributed by atoms with Gasteiger partial charge in [-0.15, -0.1) is 6.58 Å². The molecule has 1 heterocycles. The highest BCUT2D eigenvalue weighted by atomic mass is 16.5. The van der Waals surface area contributed by atoms with Crippen LogP contribution < -0.4 is 0 Å². The molecular weight excluding hydrogens is 206 g/mol. The fourth-order valence-corrected chi connectivity index (χ4v) is 1.89. The average molecular weight is 227 g/mol. The van der Waals surface area contributed by atoms with Gasteiger partial charge in [0.1, 0.15) is 0 Å². The van der Waals surface area contributed by atoms with Crippen LogP contribution in [0.15, 0.2) is 12.7 Å². The summed E-state index contributed by atoms with van der Waals surface area (Å²) in [5.74, 6) is -0.171. The van der Waals surface area contributed by atoms with Gasteiger partial charge in [0.05, 0.1) is 19.8 Å². The van der Waals surface area contributed by atoms with Gasteiger partial charge in [0.15, 0.2) is 0 Å². The van der Waals surface area contributed by atoms with Gasteiger partial charge in [-0.1, -0.05) is 6.08 Å². The molecule has 1 aliphatic heterocycles. The Morgan fingerprint density at radius 1 is 1.69 bits per heavy atom. The fraction of sp³-hybridized carbons (Fsp3) is 0.750. The summed E-state index contributed by atoms with van der Waals surface area (Å²) in [6.07, 6.45) is 3.95. The number of rotatable bonds is 6. The minimum Gasteiger partial charge on any atom is -0.465 e. The summed E-state index contributed by atoms with van der Waals surface area (Å²) in [5.41, 5.74) is 0. The second kappa shape index (κ2) is 7.41. The lowest BCUT2D eigenvalue weighted by molar-refractivity contribution is -0.145. The molecule has 0 saturated carbocycles. The first-order valence-electron chi connectivity index (χ1n) is 5.86. The minimum absolute atomic E-state index is 0.171. The van der Waals surface area contributed by atoms with Crippen LogP contribution in [0.1, 0.15) is 19.8 Å². The van der Waals surface area contributed by atoms with Crippen LogP contribution in [0.4, 0.5) is 0 Å². The number of carbonyl (C=O) groups is 1. The van der Waals surface area contributed by atoms with E-state index in [9.17, 15) is 4.79 Å². The number of hydrogen-bond acceptors (Lipinski definition) is 4. The third kappa shape index (κ3) is 4.33. The Bertz CT molecular complexity index is 224. The molecule has 0 bridgehead atoms. The van der Waals surface area contributed by atoms with E-state index in [1.54, 1.807) is 0 Å². The van der Waals surface area contributed by atoms with Crippen LogP contribution in [-0.4, -0.2) is 49.8 Å². The van der Waals surface area contributed by atoms with Crippen molar-refractivity contribution >= 4 is 5.97 Å². The number of nitrogens with zero attached hydrogens (tertiary/aromatic N) is 1. The summed E-state index contributed by atoms with van der Waals surface area (Å²) in [7, 11) is 0. The van der Waals surface area contributed by atoms with Crippen LogP contribution in [-0.2, 0) is 14.3 Å². The average Bonchev–Trinajstić information content (AvgIpc) is 2.30. The van der Waals surface area contributed by atoms with Crippen molar-refractivity contribution in [1.29, 1.82) is 0 Å². The van der Waals surface area contributed by atoms with Gasteiger partial charge in [-0.05, 0) is 19.8 Å². The van der Waals surface area contributed by atoms with Gasteiger partial charge in [-0.25, -0.2) is 0 Å². The van der Waals surface area contributed by atoms with Crippen molar-refractivity contribution in [2.75, 3.05) is 32.9 Å². The Balaban J connectivity index is 2.44. The van der Waals surface area contributed by atoms with Crippen molar-refractivity contribution in [3.8, 4) is 0 Å². The summed E-state index contributed by atoms with van der Waals surface area (Å²) in [6.45, 7) is 8.53. The Hall–Kier alpha value is -0.870. The van der Waals surface area contributed by atoms with Crippen molar-refractivity contribution in [2.24, 2.45) is 0 Å². The first-order valence-corrected chi connectivity index (χ1v) is 5.86. The first-order chi connectivity index (χ1) is 7.77. The van der Waals surface area contributed by atoms with Crippen molar-refractivity contribution in [3.63, 3.8) is 0 Å². The first kappa shape index (κ1) is 13.2. The highest BCUT2D eigenvalue weighted by Gasteiger charge is 2.22. The quantitative estimate of drug-likeness (QED) is 0.505. The molecule has 0 aliphatic carbocycles. The lowest BCUT2D eigenvalue weighted by Gasteiger charge is -2.32. The Labute approximate surface area is 97.2 Å². The molecule has 1 rings (SSSR count). The molecule has 0 amide bonds. The molecule has 4 heteroatoms. The Morgan fingerprint density at radius 3 is 3.06 bits per heavy atom. The molecule has 0 N–H and O–H groups in total. The molecular formula is C12H21NO3. The normalized spacial score (nSPS) is 20.8. The van der Waals surface area contributed by atoms with Crippen LogP contribution in [0.25, 0.3) is 0 Å². The van der Waals surface area contributed by atoms with E-state index in [0.29, 0.717) is 32.3 Å². The van der Waals surface area contributed by atoms with Crippen LogP contribution in [0.3, 0.4) is 0 Å². The summed E-state index contributed by atoms with van der Waals surface area (Å²) in [6, 6.07) is 0.316. The zero-order chi connectivity index (χ0) is 11.8. The number of ether oxygens (including phenoxy) is 2.